The maximum absolute atomic E-state index is 12.8. The van der Waals surface area contributed by atoms with Gasteiger partial charge in [0.05, 0.1) is 15.6 Å². The molecule has 21 heavy (non-hydrogen) atoms. The zero-order valence-corrected chi connectivity index (χ0v) is 12.9. The van der Waals surface area contributed by atoms with Crippen LogP contribution in [0.15, 0.2) is 54.6 Å². The van der Waals surface area contributed by atoms with E-state index < -0.39 is 0 Å². The third-order valence-corrected chi connectivity index (χ3v) is 4.04. The van der Waals surface area contributed by atoms with E-state index in [4.69, 9.17) is 23.2 Å². The Labute approximate surface area is 133 Å². The third-order valence-electron chi connectivity index (χ3n) is 3.45. The Morgan fingerprint density at radius 2 is 1.52 bits per heavy atom. The van der Waals surface area contributed by atoms with Crippen molar-refractivity contribution in [2.45, 2.75) is 6.92 Å². The minimum atomic E-state index is -0.151. The van der Waals surface area contributed by atoms with Gasteiger partial charge in [0.1, 0.15) is 0 Å². The van der Waals surface area contributed by atoms with Crippen LogP contribution in [-0.2, 0) is 0 Å². The Morgan fingerprint density at radius 1 is 0.905 bits per heavy atom. The SMILES string of the molecule is Cc1cc(Cl)c(C(=O)c2cccc3ccccc23)c(Cl)c1. The van der Waals surface area contributed by atoms with Crippen LogP contribution in [0.25, 0.3) is 10.8 Å². The van der Waals surface area contributed by atoms with Gasteiger partial charge in [-0.2, -0.15) is 0 Å². The van der Waals surface area contributed by atoms with Crippen molar-refractivity contribution in [1.82, 2.24) is 0 Å². The summed E-state index contributed by atoms with van der Waals surface area (Å²) in [4.78, 5) is 12.8. The first-order chi connectivity index (χ1) is 10.1. The molecule has 0 amide bonds. The molecule has 0 aliphatic carbocycles. The number of hydrogen-bond donors (Lipinski definition) is 0. The average molecular weight is 315 g/mol. The molecule has 0 saturated heterocycles. The summed E-state index contributed by atoms with van der Waals surface area (Å²) in [5.41, 5.74) is 1.90. The molecule has 0 unspecified atom stereocenters. The second kappa shape index (κ2) is 5.51. The van der Waals surface area contributed by atoms with E-state index in [9.17, 15) is 4.79 Å². The molecule has 0 fully saturated rings. The quantitative estimate of drug-likeness (QED) is 0.556. The van der Waals surface area contributed by atoms with E-state index in [1.165, 1.54) is 0 Å². The highest BCUT2D eigenvalue weighted by Gasteiger charge is 2.19. The number of hydrogen-bond acceptors (Lipinski definition) is 1. The Morgan fingerprint density at radius 3 is 2.24 bits per heavy atom. The summed E-state index contributed by atoms with van der Waals surface area (Å²) in [5, 5.41) is 2.69. The lowest BCUT2D eigenvalue weighted by Crippen LogP contribution is -2.04. The first kappa shape index (κ1) is 14.1. The van der Waals surface area contributed by atoms with E-state index in [1.807, 2.05) is 43.3 Å². The van der Waals surface area contributed by atoms with Crippen LogP contribution in [0.1, 0.15) is 21.5 Å². The number of carbonyl (C=O) groups excluding carboxylic acids is 1. The highest BCUT2D eigenvalue weighted by atomic mass is 35.5. The number of halogens is 2. The number of benzene rings is 3. The van der Waals surface area contributed by atoms with Gasteiger partial charge in [-0.1, -0.05) is 65.7 Å². The van der Waals surface area contributed by atoms with Crippen LogP contribution in [0.3, 0.4) is 0 Å². The molecule has 0 bridgehead atoms. The van der Waals surface area contributed by atoms with Crippen LogP contribution in [0.4, 0.5) is 0 Å². The van der Waals surface area contributed by atoms with E-state index in [-0.39, 0.29) is 5.78 Å². The molecule has 0 N–H and O–H groups in total. The van der Waals surface area contributed by atoms with Crippen molar-refractivity contribution in [1.29, 1.82) is 0 Å². The lowest BCUT2D eigenvalue weighted by Gasteiger charge is -2.10. The molecule has 3 heteroatoms. The molecular weight excluding hydrogens is 303 g/mol. The van der Waals surface area contributed by atoms with E-state index in [1.54, 1.807) is 18.2 Å². The molecule has 0 radical (unpaired) electrons. The van der Waals surface area contributed by atoms with Crippen molar-refractivity contribution in [2.24, 2.45) is 0 Å². The van der Waals surface area contributed by atoms with Crippen molar-refractivity contribution in [2.75, 3.05) is 0 Å². The monoisotopic (exact) mass is 314 g/mol. The Kier molecular flexibility index (Phi) is 3.71. The van der Waals surface area contributed by atoms with Gasteiger partial charge >= 0.3 is 0 Å². The molecular formula is C18H12Cl2O. The van der Waals surface area contributed by atoms with Gasteiger partial charge in [0.25, 0.3) is 0 Å². The second-order valence-electron chi connectivity index (χ2n) is 4.96. The maximum Gasteiger partial charge on any atom is 0.196 e. The second-order valence-corrected chi connectivity index (χ2v) is 5.77. The van der Waals surface area contributed by atoms with E-state index in [0.717, 1.165) is 16.3 Å². The summed E-state index contributed by atoms with van der Waals surface area (Å²) >= 11 is 12.5. The zero-order chi connectivity index (χ0) is 15.0. The average Bonchev–Trinajstić information content (AvgIpc) is 2.45. The van der Waals surface area contributed by atoms with E-state index in [2.05, 4.69) is 0 Å². The zero-order valence-electron chi connectivity index (χ0n) is 11.4. The summed E-state index contributed by atoms with van der Waals surface area (Å²) in [6.45, 7) is 1.89. The largest absolute Gasteiger partial charge is 0.288 e. The number of fused-ring (bicyclic) bond motifs is 1. The fraction of sp³-hybridized carbons (Fsp3) is 0.0556. The summed E-state index contributed by atoms with van der Waals surface area (Å²) in [5.74, 6) is -0.151. The Bertz CT molecular complexity index is 824. The first-order valence-corrected chi connectivity index (χ1v) is 7.31. The number of aryl methyl sites for hydroxylation is 1. The Balaban J connectivity index is 2.22. The van der Waals surface area contributed by atoms with Gasteiger partial charge in [0, 0.05) is 5.56 Å². The predicted molar refractivity (Wildman–Crippen MR) is 88.6 cm³/mol. The van der Waals surface area contributed by atoms with Gasteiger partial charge in [-0.15, -0.1) is 0 Å². The van der Waals surface area contributed by atoms with Gasteiger partial charge < -0.3 is 0 Å². The minimum Gasteiger partial charge on any atom is -0.288 e. The molecule has 3 rings (SSSR count). The fourth-order valence-corrected chi connectivity index (χ4v) is 3.24. The fourth-order valence-electron chi connectivity index (χ4n) is 2.47. The molecule has 3 aromatic rings. The lowest BCUT2D eigenvalue weighted by atomic mass is 9.96. The summed E-state index contributed by atoms with van der Waals surface area (Å²) in [6, 6.07) is 16.9. The van der Waals surface area contributed by atoms with Crippen LogP contribution in [-0.4, -0.2) is 5.78 Å². The van der Waals surface area contributed by atoms with Gasteiger partial charge in [-0.3, -0.25) is 4.79 Å². The summed E-state index contributed by atoms with van der Waals surface area (Å²) in [6.07, 6.45) is 0. The van der Waals surface area contributed by atoms with Crippen molar-refractivity contribution in [3.63, 3.8) is 0 Å². The van der Waals surface area contributed by atoms with Crippen LogP contribution in [0, 0.1) is 6.92 Å². The van der Waals surface area contributed by atoms with Crippen molar-refractivity contribution >= 4 is 39.8 Å². The summed E-state index contributed by atoms with van der Waals surface area (Å²) in [7, 11) is 0. The topological polar surface area (TPSA) is 17.1 Å². The molecule has 0 atom stereocenters. The van der Waals surface area contributed by atoms with Crippen LogP contribution in [0.2, 0.25) is 10.0 Å². The minimum absolute atomic E-state index is 0.151. The molecule has 0 spiro atoms. The normalized spacial score (nSPS) is 10.8. The lowest BCUT2D eigenvalue weighted by molar-refractivity contribution is 0.104. The van der Waals surface area contributed by atoms with Crippen LogP contribution in [0.5, 0.6) is 0 Å². The number of carbonyl (C=O) groups is 1. The van der Waals surface area contributed by atoms with Crippen LogP contribution >= 0.6 is 23.2 Å². The molecule has 104 valence electrons. The maximum atomic E-state index is 12.8. The van der Waals surface area contributed by atoms with Gasteiger partial charge in [-0.05, 0) is 35.4 Å². The van der Waals surface area contributed by atoms with Crippen molar-refractivity contribution in [3.8, 4) is 0 Å². The molecule has 0 aromatic heterocycles. The third kappa shape index (κ3) is 2.55. The predicted octanol–water partition coefficient (Wildman–Crippen LogP) is 5.69. The molecule has 0 aliphatic rings. The first-order valence-electron chi connectivity index (χ1n) is 6.56. The van der Waals surface area contributed by atoms with E-state index >= 15 is 0 Å². The highest BCUT2D eigenvalue weighted by molar-refractivity contribution is 6.41. The van der Waals surface area contributed by atoms with Crippen LogP contribution < -0.4 is 0 Å². The molecule has 0 heterocycles. The van der Waals surface area contributed by atoms with Gasteiger partial charge in [-0.25, -0.2) is 0 Å². The number of rotatable bonds is 2. The molecule has 0 aliphatic heterocycles. The van der Waals surface area contributed by atoms with Crippen molar-refractivity contribution in [3.05, 3.63) is 81.3 Å². The summed E-state index contributed by atoms with van der Waals surface area (Å²) < 4.78 is 0. The number of ketones is 1. The highest BCUT2D eigenvalue weighted by Crippen LogP contribution is 2.30. The van der Waals surface area contributed by atoms with Gasteiger partial charge in [0.15, 0.2) is 5.78 Å². The van der Waals surface area contributed by atoms with Gasteiger partial charge in [0.2, 0.25) is 0 Å². The smallest absolute Gasteiger partial charge is 0.196 e. The molecule has 3 aromatic carbocycles. The molecule has 1 nitrogen and oxygen atoms in total. The van der Waals surface area contributed by atoms with Crippen molar-refractivity contribution < 1.29 is 4.79 Å². The standard InChI is InChI=1S/C18H12Cl2O/c1-11-9-15(19)17(16(20)10-11)18(21)14-8-4-6-12-5-2-3-7-13(12)14/h2-10H,1H3. The molecule has 0 saturated carbocycles. The Hall–Kier alpha value is -1.83. The van der Waals surface area contributed by atoms with E-state index in [0.29, 0.717) is 21.2 Å².